The van der Waals surface area contributed by atoms with Crippen molar-refractivity contribution < 1.29 is 24.7 Å². The van der Waals surface area contributed by atoms with E-state index in [1.165, 1.54) is 4.90 Å². The third-order valence-corrected chi connectivity index (χ3v) is 5.91. The maximum atomic E-state index is 13.1. The number of fused-ring (bicyclic) bond motifs is 1. The number of aromatic nitrogens is 1. The van der Waals surface area contributed by atoms with E-state index in [9.17, 15) is 14.7 Å². The van der Waals surface area contributed by atoms with Crippen molar-refractivity contribution in [3.63, 3.8) is 0 Å². The molecule has 1 saturated heterocycles. The van der Waals surface area contributed by atoms with Gasteiger partial charge in [-0.2, -0.15) is 0 Å². The molecule has 2 aromatic rings. The van der Waals surface area contributed by atoms with Crippen molar-refractivity contribution in [1.82, 2.24) is 9.47 Å². The smallest absolute Gasteiger partial charge is 0.451 e. The van der Waals surface area contributed by atoms with Crippen LogP contribution < -0.4 is 11.5 Å². The molecule has 1 amide bonds. The Morgan fingerprint density at radius 3 is 2.56 bits per heavy atom. The van der Waals surface area contributed by atoms with Crippen LogP contribution in [0.2, 0.25) is 6.32 Å². The number of piperidine rings is 1. The average molecular weight is 489 g/mol. The fourth-order valence-corrected chi connectivity index (χ4v) is 4.41. The highest BCUT2D eigenvalue weighted by Crippen LogP contribution is 2.29. The highest BCUT2D eigenvalue weighted by Gasteiger charge is 2.44. The molecule has 1 aliphatic heterocycles. The molecular formula is C20H31BCl2N4O5. The highest BCUT2D eigenvalue weighted by molar-refractivity contribution is 6.40. The predicted octanol–water partition coefficient (Wildman–Crippen LogP) is 0.385. The van der Waals surface area contributed by atoms with Crippen LogP contribution in [-0.2, 0) is 23.1 Å². The summed E-state index contributed by atoms with van der Waals surface area (Å²) in [6, 6.07) is 7.01. The number of hydrogen-bond acceptors (Lipinski definition) is 6. The van der Waals surface area contributed by atoms with Crippen molar-refractivity contribution in [2.45, 2.75) is 37.2 Å². The number of carbonyl (C=O) groups is 2. The molecule has 1 aliphatic rings. The summed E-state index contributed by atoms with van der Waals surface area (Å²) in [6.45, 7) is 0.170. The molecule has 7 N–H and O–H groups in total. The maximum absolute atomic E-state index is 13.1. The second kappa shape index (κ2) is 11.4. The van der Waals surface area contributed by atoms with Crippen molar-refractivity contribution in [3.05, 3.63) is 36.0 Å². The SMILES string of the molecule is Cl.Cl.Cn1cc(C[C@@H](N)C(=O)N2C[C@@H](CCB(O)O)C[C@](N)(C(=O)O)C2)c2ccccc21. The second-order valence-corrected chi connectivity index (χ2v) is 8.40. The van der Waals surface area contributed by atoms with Crippen LogP contribution in [0.3, 0.4) is 0 Å². The Morgan fingerprint density at radius 2 is 1.94 bits per heavy atom. The molecule has 9 nitrogen and oxygen atoms in total. The minimum absolute atomic E-state index is 0. The summed E-state index contributed by atoms with van der Waals surface area (Å²) in [5.41, 5.74) is 12.7. The lowest BCUT2D eigenvalue weighted by Crippen LogP contribution is -2.64. The number of para-hydroxylation sites is 1. The average Bonchev–Trinajstić information content (AvgIpc) is 3.01. The summed E-state index contributed by atoms with van der Waals surface area (Å²) >= 11 is 0. The van der Waals surface area contributed by atoms with E-state index >= 15 is 0 Å². The van der Waals surface area contributed by atoms with Crippen molar-refractivity contribution in [1.29, 1.82) is 0 Å². The number of benzene rings is 1. The number of halogens is 2. The molecular weight excluding hydrogens is 458 g/mol. The van der Waals surface area contributed by atoms with Crippen LogP contribution in [0.4, 0.5) is 0 Å². The Morgan fingerprint density at radius 1 is 1.28 bits per heavy atom. The second-order valence-electron chi connectivity index (χ2n) is 8.40. The zero-order valence-corrected chi connectivity index (χ0v) is 19.5. The molecule has 0 saturated carbocycles. The number of aliphatic carboxylic acids is 1. The number of carbonyl (C=O) groups excluding carboxylic acids is 1. The Kier molecular flexibility index (Phi) is 10.0. The summed E-state index contributed by atoms with van der Waals surface area (Å²) < 4.78 is 1.98. The predicted molar refractivity (Wildman–Crippen MR) is 128 cm³/mol. The number of carboxylic acids is 1. The van der Waals surface area contributed by atoms with Gasteiger partial charge in [-0.25, -0.2) is 0 Å². The van der Waals surface area contributed by atoms with Gasteiger partial charge < -0.3 is 36.1 Å². The van der Waals surface area contributed by atoms with Crippen LogP contribution >= 0.6 is 24.8 Å². The first-order chi connectivity index (χ1) is 14.1. The number of amides is 1. The molecule has 0 radical (unpaired) electrons. The van der Waals surface area contributed by atoms with E-state index in [0.717, 1.165) is 16.5 Å². The first kappa shape index (κ1) is 28.2. The first-order valence-corrected chi connectivity index (χ1v) is 10.1. The van der Waals surface area contributed by atoms with Gasteiger partial charge in [-0.05, 0) is 36.7 Å². The van der Waals surface area contributed by atoms with Crippen LogP contribution in [0, 0.1) is 5.92 Å². The zero-order chi connectivity index (χ0) is 22.1. The van der Waals surface area contributed by atoms with E-state index in [1.54, 1.807) is 0 Å². The van der Waals surface area contributed by atoms with E-state index in [0.29, 0.717) is 19.4 Å². The van der Waals surface area contributed by atoms with E-state index in [4.69, 9.17) is 21.5 Å². The molecule has 0 spiro atoms. The van der Waals surface area contributed by atoms with Gasteiger partial charge in [0.15, 0.2) is 0 Å². The van der Waals surface area contributed by atoms with Gasteiger partial charge in [-0.15, -0.1) is 24.8 Å². The quantitative estimate of drug-likeness (QED) is 0.353. The Labute approximate surface area is 199 Å². The highest BCUT2D eigenvalue weighted by atomic mass is 35.5. The largest absolute Gasteiger partial charge is 0.480 e. The molecule has 178 valence electrons. The lowest BCUT2D eigenvalue weighted by atomic mass is 9.75. The van der Waals surface area contributed by atoms with Gasteiger partial charge in [0, 0.05) is 37.2 Å². The minimum Gasteiger partial charge on any atom is -0.480 e. The van der Waals surface area contributed by atoms with Gasteiger partial charge in [-0.1, -0.05) is 24.6 Å². The van der Waals surface area contributed by atoms with Gasteiger partial charge >= 0.3 is 13.1 Å². The van der Waals surface area contributed by atoms with Crippen LogP contribution in [0.1, 0.15) is 18.4 Å². The Balaban J connectivity index is 0.00000256. The maximum Gasteiger partial charge on any atom is 0.451 e. The van der Waals surface area contributed by atoms with Crippen LogP contribution in [0.5, 0.6) is 0 Å². The lowest BCUT2D eigenvalue weighted by molar-refractivity contribution is -0.149. The topological polar surface area (TPSA) is 155 Å². The Bertz CT molecular complexity index is 944. The molecule has 1 fully saturated rings. The summed E-state index contributed by atoms with van der Waals surface area (Å²) in [4.78, 5) is 26.2. The number of hydrogen-bond donors (Lipinski definition) is 5. The van der Waals surface area contributed by atoms with E-state index in [-0.39, 0.29) is 55.9 Å². The molecule has 1 aromatic heterocycles. The number of aryl methyl sites for hydroxylation is 1. The summed E-state index contributed by atoms with van der Waals surface area (Å²) in [5.74, 6) is -1.79. The van der Waals surface area contributed by atoms with Gasteiger partial charge in [0.05, 0.1) is 6.04 Å². The van der Waals surface area contributed by atoms with Gasteiger partial charge in [0.2, 0.25) is 5.91 Å². The van der Waals surface area contributed by atoms with E-state index in [1.807, 2.05) is 42.1 Å². The fourth-order valence-electron chi connectivity index (χ4n) is 4.41. The minimum atomic E-state index is -1.59. The Hall–Kier alpha value is -1.82. The van der Waals surface area contributed by atoms with Gasteiger partial charge in [0.25, 0.3) is 0 Å². The van der Waals surface area contributed by atoms with Crippen molar-refractivity contribution in [2.75, 3.05) is 13.1 Å². The molecule has 32 heavy (non-hydrogen) atoms. The van der Waals surface area contributed by atoms with Crippen LogP contribution in [0.25, 0.3) is 10.9 Å². The third-order valence-electron chi connectivity index (χ3n) is 5.91. The van der Waals surface area contributed by atoms with Crippen molar-refractivity contribution in [2.24, 2.45) is 24.4 Å². The van der Waals surface area contributed by atoms with Gasteiger partial charge in [0.1, 0.15) is 5.54 Å². The number of nitrogens with zero attached hydrogens (tertiary/aromatic N) is 2. The number of carboxylic acid groups (broad SMARTS) is 1. The van der Waals surface area contributed by atoms with E-state index < -0.39 is 24.7 Å². The standard InChI is InChI=1S/C20H29BN4O5.2ClH/c1-24-11-14(15-4-2-3-5-17(15)24)8-16(22)18(26)25-10-13(6-7-21(29)30)9-20(23,12-25)19(27)28;;/h2-5,11,13,16,29-30H,6-10,12,22-23H2,1H3,(H,27,28);2*1H/t13-,16+,20+;;/m0../s1. The molecule has 2 heterocycles. The van der Waals surface area contributed by atoms with E-state index in [2.05, 4.69) is 0 Å². The van der Waals surface area contributed by atoms with Gasteiger partial charge in [-0.3, -0.25) is 9.59 Å². The number of rotatable bonds is 7. The van der Waals surface area contributed by atoms with Crippen molar-refractivity contribution >= 4 is 54.7 Å². The molecule has 0 unspecified atom stereocenters. The molecule has 1 aromatic carbocycles. The van der Waals surface area contributed by atoms with Crippen LogP contribution in [0.15, 0.2) is 30.5 Å². The number of likely N-dealkylation sites (tertiary alicyclic amines) is 1. The number of nitrogens with two attached hydrogens (primary N) is 2. The van der Waals surface area contributed by atoms with Crippen LogP contribution in [-0.4, -0.2) is 68.3 Å². The monoisotopic (exact) mass is 488 g/mol. The molecule has 0 aliphatic carbocycles. The molecule has 0 bridgehead atoms. The lowest BCUT2D eigenvalue weighted by Gasteiger charge is -2.42. The normalized spacial score (nSPS) is 21.4. The van der Waals surface area contributed by atoms with Crippen molar-refractivity contribution in [3.8, 4) is 0 Å². The zero-order valence-electron chi connectivity index (χ0n) is 17.9. The molecule has 12 heteroatoms. The third kappa shape index (κ3) is 6.15. The molecule has 3 atom stereocenters. The molecule has 3 rings (SSSR count). The summed E-state index contributed by atoms with van der Waals surface area (Å²) in [7, 11) is 0.446. The summed E-state index contributed by atoms with van der Waals surface area (Å²) in [5, 5.41) is 28.9. The fraction of sp³-hybridized carbons (Fsp3) is 0.500. The first-order valence-electron chi connectivity index (χ1n) is 10.1. The summed E-state index contributed by atoms with van der Waals surface area (Å²) in [6.07, 6.45) is 2.87.